The first kappa shape index (κ1) is 25.9. The molecule has 1 atom stereocenters. The van der Waals surface area contributed by atoms with Crippen LogP contribution in [0.15, 0.2) is 11.6 Å². The van der Waals surface area contributed by atoms with Gasteiger partial charge in [0.25, 0.3) is 0 Å². The zero-order valence-corrected chi connectivity index (χ0v) is 21.6. The average Bonchev–Trinajstić information content (AvgIpc) is 2.67. The van der Waals surface area contributed by atoms with Crippen LogP contribution in [-0.4, -0.2) is 19.2 Å². The second-order valence-corrected chi connectivity index (χ2v) is 12.1. The lowest BCUT2D eigenvalue weighted by Gasteiger charge is -2.39. The van der Waals surface area contributed by atoms with Gasteiger partial charge in [0.05, 0.1) is 0 Å². The largest absolute Gasteiger partial charge is 0.353 e. The van der Waals surface area contributed by atoms with Gasteiger partial charge < -0.3 is 5.32 Å². The van der Waals surface area contributed by atoms with E-state index < -0.39 is 0 Å². The van der Waals surface area contributed by atoms with Crippen molar-refractivity contribution in [1.82, 2.24) is 5.32 Å². The van der Waals surface area contributed by atoms with E-state index in [2.05, 4.69) is 39.4 Å². The van der Waals surface area contributed by atoms with Crippen molar-refractivity contribution in [2.24, 2.45) is 11.8 Å². The number of hydrogen-bond acceptors (Lipinski definition) is 1. The highest BCUT2D eigenvalue weighted by Gasteiger charge is 2.34. The normalized spacial score (nSPS) is 31.5. The molecule has 3 rings (SSSR count). The van der Waals surface area contributed by atoms with E-state index >= 15 is 0 Å². The van der Waals surface area contributed by atoms with Crippen LogP contribution in [0, 0.1) is 11.8 Å². The highest BCUT2D eigenvalue weighted by molar-refractivity contribution is 6.41. The fourth-order valence-corrected chi connectivity index (χ4v) is 6.78. The Morgan fingerprint density at radius 1 is 0.844 bits per heavy atom. The maximum Gasteiger partial charge on any atom is 0.223 e. The van der Waals surface area contributed by atoms with Crippen molar-refractivity contribution >= 4 is 13.2 Å². The Bertz CT molecular complexity index is 580. The summed E-state index contributed by atoms with van der Waals surface area (Å²) in [6.45, 7) is 7.30. The third kappa shape index (κ3) is 8.56. The van der Waals surface area contributed by atoms with E-state index in [-0.39, 0.29) is 5.92 Å². The fraction of sp³-hybridized carbons (Fsp3) is 0.897. The van der Waals surface area contributed by atoms with Crippen LogP contribution >= 0.6 is 0 Å². The molecule has 0 heterocycles. The molecular weight excluding hydrogens is 389 g/mol. The molecule has 2 saturated carbocycles. The monoisotopic (exact) mass is 440 g/mol. The van der Waals surface area contributed by atoms with E-state index in [0.29, 0.717) is 17.3 Å². The van der Waals surface area contributed by atoms with Gasteiger partial charge in [0.15, 0.2) is 0 Å². The van der Waals surface area contributed by atoms with Crippen LogP contribution in [0.2, 0.25) is 11.1 Å². The molecule has 1 radical (unpaired) electrons. The Morgan fingerprint density at radius 2 is 1.50 bits per heavy atom. The van der Waals surface area contributed by atoms with Gasteiger partial charge in [-0.25, -0.2) is 0 Å². The first-order valence-corrected chi connectivity index (χ1v) is 14.3. The minimum atomic E-state index is 0.258. The van der Waals surface area contributed by atoms with Crippen molar-refractivity contribution in [2.45, 2.75) is 154 Å². The van der Waals surface area contributed by atoms with Crippen LogP contribution in [0.1, 0.15) is 136 Å². The average molecular weight is 441 g/mol. The first-order chi connectivity index (χ1) is 15.4. The lowest BCUT2D eigenvalue weighted by molar-refractivity contribution is -0.126. The molecule has 0 aromatic heterocycles. The van der Waals surface area contributed by atoms with Crippen LogP contribution in [0.5, 0.6) is 0 Å². The Labute approximate surface area is 200 Å². The molecular formula is C29H51BNO. The maximum atomic E-state index is 13.0. The lowest BCUT2D eigenvalue weighted by Crippen LogP contribution is -2.39. The number of allylic oxidation sites excluding steroid dienone is 2. The molecule has 3 heteroatoms. The summed E-state index contributed by atoms with van der Waals surface area (Å²) >= 11 is 0. The third-order valence-electron chi connectivity index (χ3n) is 8.93. The van der Waals surface area contributed by atoms with Crippen LogP contribution in [0.3, 0.4) is 0 Å². The Hall–Kier alpha value is -0.725. The number of carbonyl (C=O) groups is 1. The molecule has 0 aromatic rings. The van der Waals surface area contributed by atoms with Gasteiger partial charge >= 0.3 is 0 Å². The van der Waals surface area contributed by atoms with Crippen LogP contribution in [0.25, 0.3) is 0 Å². The molecule has 3 aliphatic rings. The molecule has 1 amide bonds. The standard InChI is InChI=1S/C29H51BNO/c1-23-13-9-19-26(20-10-14-23)30-29(2,3)25-17-11-15-24(16-12-18-25)28(32)31-27-21-7-5-4-6-8-22-27/h13,24-27H,4-12,14-22H2,1-3H3,(H,31,32)/b23-13+. The van der Waals surface area contributed by atoms with Gasteiger partial charge in [0.1, 0.15) is 7.28 Å². The van der Waals surface area contributed by atoms with E-state index in [4.69, 9.17) is 0 Å². The van der Waals surface area contributed by atoms with Crippen molar-refractivity contribution in [1.29, 1.82) is 0 Å². The molecule has 32 heavy (non-hydrogen) atoms. The van der Waals surface area contributed by atoms with Gasteiger partial charge in [0, 0.05) is 12.0 Å². The Kier molecular flexibility index (Phi) is 10.7. The van der Waals surface area contributed by atoms with Crippen LogP contribution in [0.4, 0.5) is 0 Å². The fourth-order valence-electron chi connectivity index (χ4n) is 6.78. The van der Waals surface area contributed by atoms with Crippen molar-refractivity contribution in [3.63, 3.8) is 0 Å². The molecule has 3 aliphatic carbocycles. The van der Waals surface area contributed by atoms with E-state index in [1.807, 2.05) is 0 Å². The predicted octanol–water partition coefficient (Wildman–Crippen LogP) is 8.40. The zero-order chi connectivity index (χ0) is 22.8. The lowest BCUT2D eigenvalue weighted by atomic mass is 9.41. The van der Waals surface area contributed by atoms with Crippen molar-refractivity contribution < 1.29 is 4.79 Å². The minimum absolute atomic E-state index is 0.258. The van der Waals surface area contributed by atoms with Gasteiger partial charge in [-0.2, -0.15) is 0 Å². The van der Waals surface area contributed by atoms with Gasteiger partial charge in [-0.15, -0.1) is 0 Å². The van der Waals surface area contributed by atoms with E-state index in [0.717, 1.165) is 24.6 Å². The summed E-state index contributed by atoms with van der Waals surface area (Å²) in [4.78, 5) is 13.0. The van der Waals surface area contributed by atoms with E-state index in [9.17, 15) is 4.79 Å². The molecule has 1 unspecified atom stereocenters. The van der Waals surface area contributed by atoms with Gasteiger partial charge in [-0.1, -0.05) is 107 Å². The predicted molar refractivity (Wildman–Crippen MR) is 139 cm³/mol. The molecule has 181 valence electrons. The van der Waals surface area contributed by atoms with E-state index in [1.165, 1.54) is 103 Å². The molecule has 0 saturated heterocycles. The van der Waals surface area contributed by atoms with Gasteiger partial charge in [-0.3, -0.25) is 4.79 Å². The molecule has 0 bridgehead atoms. The third-order valence-corrected chi connectivity index (χ3v) is 8.93. The van der Waals surface area contributed by atoms with Crippen molar-refractivity contribution in [3.8, 4) is 0 Å². The van der Waals surface area contributed by atoms with Gasteiger partial charge in [0.2, 0.25) is 5.91 Å². The van der Waals surface area contributed by atoms with Crippen LogP contribution < -0.4 is 5.32 Å². The number of nitrogens with one attached hydrogen (secondary N) is 1. The second kappa shape index (κ2) is 13.2. The molecule has 0 spiro atoms. The summed E-state index contributed by atoms with van der Waals surface area (Å²) in [6, 6.07) is 0.442. The van der Waals surface area contributed by atoms with Crippen LogP contribution in [-0.2, 0) is 4.79 Å². The van der Waals surface area contributed by atoms with E-state index in [1.54, 1.807) is 5.57 Å². The van der Waals surface area contributed by atoms with Crippen molar-refractivity contribution in [3.05, 3.63) is 11.6 Å². The highest BCUT2D eigenvalue weighted by atomic mass is 16.1. The zero-order valence-electron chi connectivity index (χ0n) is 21.6. The molecule has 2 fully saturated rings. The smallest absolute Gasteiger partial charge is 0.223 e. The quantitative estimate of drug-likeness (QED) is 0.337. The minimum Gasteiger partial charge on any atom is -0.353 e. The molecule has 2 nitrogen and oxygen atoms in total. The summed E-state index contributed by atoms with van der Waals surface area (Å²) < 4.78 is 0. The van der Waals surface area contributed by atoms with Gasteiger partial charge in [-0.05, 0) is 57.8 Å². The summed E-state index contributed by atoms with van der Waals surface area (Å²) in [6.07, 6.45) is 25.3. The molecule has 0 aliphatic heterocycles. The Morgan fingerprint density at radius 3 is 2.19 bits per heavy atom. The SMILES string of the molecule is C/C1=C\CCC([B]C(C)(C)C2CCCC(C(=O)NC3CCCCCCC3)CCC2)CCC1. The first-order valence-electron chi connectivity index (χ1n) is 14.3. The topological polar surface area (TPSA) is 29.1 Å². The molecule has 0 aromatic carbocycles. The summed E-state index contributed by atoms with van der Waals surface area (Å²) in [5.74, 6) is 2.19. The highest BCUT2D eigenvalue weighted by Crippen LogP contribution is 2.46. The summed E-state index contributed by atoms with van der Waals surface area (Å²) in [5, 5.41) is 3.78. The summed E-state index contributed by atoms with van der Waals surface area (Å²) in [5.41, 5.74) is 1.59. The summed E-state index contributed by atoms with van der Waals surface area (Å²) in [7, 11) is 2.74. The number of hydrogen-bond donors (Lipinski definition) is 1. The number of carbonyl (C=O) groups excluding carboxylic acids is 1. The Balaban J connectivity index is 1.44. The molecule has 1 N–H and O–H groups in total. The van der Waals surface area contributed by atoms with Crippen molar-refractivity contribution in [2.75, 3.05) is 0 Å². The maximum absolute atomic E-state index is 13.0. The number of amides is 1. The number of rotatable bonds is 5. The second-order valence-electron chi connectivity index (χ2n) is 12.1.